The number of hydrogen-bond acceptors (Lipinski definition) is 1. The molecule has 1 aliphatic carbocycles. The summed E-state index contributed by atoms with van der Waals surface area (Å²) in [5, 5.41) is 0. The number of halogens is 1. The summed E-state index contributed by atoms with van der Waals surface area (Å²) in [6.07, 6.45) is 9.14. The highest BCUT2D eigenvalue weighted by atomic mass is 35.5. The molecule has 1 amide bonds. The van der Waals surface area contributed by atoms with Gasteiger partial charge in [0.25, 0.3) is 0 Å². The summed E-state index contributed by atoms with van der Waals surface area (Å²) >= 11 is 5.92. The van der Waals surface area contributed by atoms with Gasteiger partial charge < -0.3 is 4.90 Å². The third kappa shape index (κ3) is 4.37. The van der Waals surface area contributed by atoms with Crippen LogP contribution >= 0.6 is 11.6 Å². The van der Waals surface area contributed by atoms with E-state index in [0.29, 0.717) is 23.2 Å². The summed E-state index contributed by atoms with van der Waals surface area (Å²) in [5.74, 6) is 2.16. The minimum Gasteiger partial charge on any atom is -0.339 e. The van der Waals surface area contributed by atoms with E-state index in [1.165, 1.54) is 25.7 Å². The largest absolute Gasteiger partial charge is 0.339 e. The lowest BCUT2D eigenvalue weighted by Crippen LogP contribution is -2.47. The molecule has 2 fully saturated rings. The molecule has 0 aromatic rings. The Hall–Kier alpha value is -0.240. The molecule has 0 aromatic heterocycles. The quantitative estimate of drug-likeness (QED) is 0.682. The van der Waals surface area contributed by atoms with Gasteiger partial charge in [-0.15, -0.1) is 11.6 Å². The molecule has 1 saturated heterocycles. The maximum absolute atomic E-state index is 12.9. The molecule has 3 heteroatoms. The number of likely N-dealkylation sites (tertiary alicyclic amines) is 1. The number of carbonyl (C=O) groups excluding carboxylic acids is 1. The van der Waals surface area contributed by atoms with Crippen molar-refractivity contribution < 1.29 is 4.79 Å². The molecule has 2 aliphatic rings. The van der Waals surface area contributed by atoms with Crippen molar-refractivity contribution in [3.8, 4) is 0 Å². The van der Waals surface area contributed by atoms with E-state index < -0.39 is 0 Å². The van der Waals surface area contributed by atoms with Crippen LogP contribution in [0.15, 0.2) is 0 Å². The molecular formula is C18H32ClNO. The number of amides is 1. The normalized spacial score (nSPS) is 31.2. The predicted octanol–water partition coefficient (Wildman–Crippen LogP) is 4.85. The van der Waals surface area contributed by atoms with Gasteiger partial charge in [0.2, 0.25) is 5.91 Å². The number of alkyl halides is 1. The Kier molecular flexibility index (Phi) is 5.99. The first-order chi connectivity index (χ1) is 9.93. The molecule has 1 aliphatic heterocycles. The average Bonchev–Trinajstić information content (AvgIpc) is 2.47. The molecule has 2 rings (SSSR count). The summed E-state index contributed by atoms with van der Waals surface area (Å²) in [6, 6.07) is 0.407. The first kappa shape index (κ1) is 17.1. The van der Waals surface area contributed by atoms with E-state index in [2.05, 4.69) is 25.7 Å². The smallest absolute Gasteiger partial charge is 0.225 e. The summed E-state index contributed by atoms with van der Waals surface area (Å²) in [7, 11) is 0. The van der Waals surface area contributed by atoms with Crippen LogP contribution in [0.5, 0.6) is 0 Å². The van der Waals surface area contributed by atoms with Crippen LogP contribution < -0.4 is 0 Å². The Bertz CT molecular complexity index is 340. The van der Waals surface area contributed by atoms with Crippen molar-refractivity contribution in [1.29, 1.82) is 0 Å². The van der Waals surface area contributed by atoms with E-state index >= 15 is 0 Å². The molecule has 21 heavy (non-hydrogen) atoms. The Balaban J connectivity index is 1.91. The van der Waals surface area contributed by atoms with E-state index in [1.54, 1.807) is 0 Å². The molecule has 1 saturated carbocycles. The zero-order valence-electron chi connectivity index (χ0n) is 14.0. The molecule has 0 radical (unpaired) electrons. The number of rotatable bonds is 3. The second-order valence-electron chi connectivity index (χ2n) is 8.07. The lowest BCUT2D eigenvalue weighted by molar-refractivity contribution is -0.141. The summed E-state index contributed by atoms with van der Waals surface area (Å²) in [4.78, 5) is 15.1. The van der Waals surface area contributed by atoms with Gasteiger partial charge in [-0.2, -0.15) is 0 Å². The molecule has 1 atom stereocenters. The molecule has 0 spiro atoms. The zero-order chi connectivity index (χ0) is 15.5. The number of hydrogen-bond donors (Lipinski definition) is 0. The fourth-order valence-electron chi connectivity index (χ4n) is 4.16. The fraction of sp³-hybridized carbons (Fsp3) is 0.944. The predicted molar refractivity (Wildman–Crippen MR) is 89.6 cm³/mol. The minimum absolute atomic E-state index is 0.277. The Morgan fingerprint density at radius 2 is 1.76 bits per heavy atom. The van der Waals surface area contributed by atoms with Gasteiger partial charge in [0.1, 0.15) is 0 Å². The van der Waals surface area contributed by atoms with Gasteiger partial charge in [-0.1, -0.05) is 20.8 Å². The van der Waals surface area contributed by atoms with Crippen molar-refractivity contribution in [2.45, 2.75) is 78.2 Å². The fourth-order valence-corrected chi connectivity index (χ4v) is 4.41. The van der Waals surface area contributed by atoms with Gasteiger partial charge in [0.15, 0.2) is 0 Å². The van der Waals surface area contributed by atoms with Crippen molar-refractivity contribution in [2.24, 2.45) is 17.3 Å². The molecule has 122 valence electrons. The second kappa shape index (κ2) is 7.35. The van der Waals surface area contributed by atoms with E-state index in [9.17, 15) is 4.79 Å². The molecule has 0 bridgehead atoms. The third-order valence-corrected chi connectivity index (χ3v) is 5.87. The SMILES string of the molecule is CC(C)(C)C1CCC(C(=O)N2CCCCC2CCCl)CC1. The van der Waals surface area contributed by atoms with Crippen molar-refractivity contribution in [3.05, 3.63) is 0 Å². The van der Waals surface area contributed by atoms with Crippen LogP contribution in [-0.4, -0.2) is 29.3 Å². The highest BCUT2D eigenvalue weighted by molar-refractivity contribution is 6.17. The molecule has 0 N–H and O–H groups in total. The maximum atomic E-state index is 12.9. The van der Waals surface area contributed by atoms with Gasteiger partial charge in [-0.05, 0) is 62.7 Å². The van der Waals surface area contributed by atoms with Gasteiger partial charge in [0.05, 0.1) is 0 Å². The highest BCUT2D eigenvalue weighted by Crippen LogP contribution is 2.40. The van der Waals surface area contributed by atoms with E-state index in [0.717, 1.165) is 38.1 Å². The van der Waals surface area contributed by atoms with E-state index in [-0.39, 0.29) is 5.92 Å². The van der Waals surface area contributed by atoms with E-state index in [4.69, 9.17) is 11.6 Å². The van der Waals surface area contributed by atoms with Gasteiger partial charge in [0, 0.05) is 24.4 Å². The van der Waals surface area contributed by atoms with Gasteiger partial charge in [-0.25, -0.2) is 0 Å². The monoisotopic (exact) mass is 313 g/mol. The molecule has 1 unspecified atom stereocenters. The van der Waals surface area contributed by atoms with Crippen molar-refractivity contribution in [1.82, 2.24) is 4.90 Å². The van der Waals surface area contributed by atoms with Crippen LogP contribution in [0.3, 0.4) is 0 Å². The third-order valence-electron chi connectivity index (χ3n) is 5.65. The first-order valence-corrected chi connectivity index (χ1v) is 9.33. The minimum atomic E-state index is 0.277. The van der Waals surface area contributed by atoms with Crippen LogP contribution in [0.4, 0.5) is 0 Å². The lowest BCUT2D eigenvalue weighted by atomic mass is 9.69. The number of nitrogens with zero attached hydrogens (tertiary/aromatic N) is 1. The Morgan fingerprint density at radius 3 is 2.33 bits per heavy atom. The second-order valence-corrected chi connectivity index (χ2v) is 8.45. The molecule has 0 aromatic carbocycles. The van der Waals surface area contributed by atoms with Crippen LogP contribution in [-0.2, 0) is 4.79 Å². The summed E-state index contributed by atoms with van der Waals surface area (Å²) < 4.78 is 0. The van der Waals surface area contributed by atoms with Crippen LogP contribution in [0.1, 0.15) is 72.1 Å². The first-order valence-electron chi connectivity index (χ1n) is 8.80. The van der Waals surface area contributed by atoms with Gasteiger partial charge in [-0.3, -0.25) is 4.79 Å². The van der Waals surface area contributed by atoms with Crippen molar-refractivity contribution in [2.75, 3.05) is 12.4 Å². The number of carbonyl (C=O) groups is 1. The average molecular weight is 314 g/mol. The summed E-state index contributed by atoms with van der Waals surface area (Å²) in [6.45, 7) is 7.96. The van der Waals surface area contributed by atoms with Crippen LogP contribution in [0.2, 0.25) is 0 Å². The highest BCUT2D eigenvalue weighted by Gasteiger charge is 2.36. The molecular weight excluding hydrogens is 282 g/mol. The molecule has 1 heterocycles. The standard InChI is InChI=1S/C18H32ClNO/c1-18(2,3)15-9-7-14(8-10-15)17(21)20-13-5-4-6-16(20)11-12-19/h14-16H,4-13H2,1-3H3. The summed E-state index contributed by atoms with van der Waals surface area (Å²) in [5.41, 5.74) is 0.389. The Morgan fingerprint density at radius 1 is 1.10 bits per heavy atom. The molecule has 2 nitrogen and oxygen atoms in total. The van der Waals surface area contributed by atoms with Crippen LogP contribution in [0.25, 0.3) is 0 Å². The zero-order valence-corrected chi connectivity index (χ0v) is 14.8. The van der Waals surface area contributed by atoms with Gasteiger partial charge >= 0.3 is 0 Å². The van der Waals surface area contributed by atoms with E-state index in [1.807, 2.05) is 0 Å². The van der Waals surface area contributed by atoms with Crippen LogP contribution in [0, 0.1) is 17.3 Å². The Labute approximate surface area is 135 Å². The lowest BCUT2D eigenvalue weighted by Gasteiger charge is -2.41. The topological polar surface area (TPSA) is 20.3 Å². The number of piperidine rings is 1. The van der Waals surface area contributed by atoms with Crippen molar-refractivity contribution >= 4 is 17.5 Å². The van der Waals surface area contributed by atoms with Crippen molar-refractivity contribution in [3.63, 3.8) is 0 Å². The maximum Gasteiger partial charge on any atom is 0.225 e.